The zero-order chi connectivity index (χ0) is 9.15. The van der Waals surface area contributed by atoms with E-state index in [4.69, 9.17) is 14.6 Å². The number of aliphatic hydroxyl groups excluding tert-OH is 1. The third-order valence-electron chi connectivity index (χ3n) is 3.01. The molecule has 0 spiro atoms. The molecule has 3 heteroatoms. The van der Waals surface area contributed by atoms with Gasteiger partial charge in [-0.1, -0.05) is 0 Å². The van der Waals surface area contributed by atoms with Crippen molar-refractivity contribution in [3.63, 3.8) is 0 Å². The van der Waals surface area contributed by atoms with Gasteiger partial charge < -0.3 is 14.6 Å². The molecule has 0 amide bonds. The topological polar surface area (TPSA) is 38.7 Å². The second kappa shape index (κ2) is 3.95. The maximum atomic E-state index is 9.07. The quantitative estimate of drug-likeness (QED) is 0.719. The lowest BCUT2D eigenvalue weighted by molar-refractivity contribution is -0.173. The van der Waals surface area contributed by atoms with Crippen LogP contribution in [0, 0.1) is 5.41 Å². The van der Waals surface area contributed by atoms with Crippen LogP contribution in [0.4, 0.5) is 0 Å². The predicted octanol–water partition coefficient (Wildman–Crippen LogP) is 1.30. The molecule has 1 saturated carbocycles. The van der Waals surface area contributed by atoms with Crippen molar-refractivity contribution in [2.24, 2.45) is 5.41 Å². The van der Waals surface area contributed by atoms with E-state index in [2.05, 4.69) is 0 Å². The average molecular weight is 186 g/mol. The molecule has 3 nitrogen and oxygen atoms in total. The van der Waals surface area contributed by atoms with Gasteiger partial charge in [-0.25, -0.2) is 0 Å². The van der Waals surface area contributed by atoms with E-state index in [9.17, 15) is 0 Å². The Labute approximate surface area is 79.0 Å². The van der Waals surface area contributed by atoms with Crippen molar-refractivity contribution in [3.05, 3.63) is 0 Å². The molecule has 2 aliphatic rings. The lowest BCUT2D eigenvalue weighted by atomic mass is 10.1. The molecule has 1 heterocycles. The minimum absolute atomic E-state index is 0.00206. The number of ether oxygens (including phenoxy) is 2. The predicted molar refractivity (Wildman–Crippen MR) is 48.3 cm³/mol. The summed E-state index contributed by atoms with van der Waals surface area (Å²) in [6.45, 7) is 1.77. The lowest BCUT2D eigenvalue weighted by Crippen LogP contribution is -2.26. The minimum atomic E-state index is -0.00206. The summed E-state index contributed by atoms with van der Waals surface area (Å²) >= 11 is 0. The zero-order valence-corrected chi connectivity index (χ0v) is 8.00. The summed E-state index contributed by atoms with van der Waals surface area (Å²) in [6.07, 6.45) is 5.59. The van der Waals surface area contributed by atoms with E-state index in [1.165, 1.54) is 6.42 Å². The molecule has 0 radical (unpaired) electrons. The van der Waals surface area contributed by atoms with Crippen molar-refractivity contribution in [1.82, 2.24) is 0 Å². The minimum Gasteiger partial charge on any atom is -0.396 e. The van der Waals surface area contributed by atoms with Gasteiger partial charge in [0.2, 0.25) is 0 Å². The van der Waals surface area contributed by atoms with E-state index in [0.29, 0.717) is 6.61 Å². The fraction of sp³-hybridized carbons (Fsp3) is 1.00. The van der Waals surface area contributed by atoms with Gasteiger partial charge in [-0.05, 0) is 32.1 Å². The van der Waals surface area contributed by atoms with Gasteiger partial charge in [0.05, 0.1) is 13.2 Å². The summed E-state index contributed by atoms with van der Waals surface area (Å²) in [6, 6.07) is 0. The Balaban J connectivity index is 1.66. The van der Waals surface area contributed by atoms with Crippen molar-refractivity contribution in [1.29, 1.82) is 0 Å². The molecule has 76 valence electrons. The first-order chi connectivity index (χ1) is 6.35. The van der Waals surface area contributed by atoms with Crippen LogP contribution in [0.15, 0.2) is 0 Å². The maximum absolute atomic E-state index is 9.07. The summed E-state index contributed by atoms with van der Waals surface area (Å²) in [4.78, 5) is 0. The Morgan fingerprint density at radius 2 is 2.23 bits per heavy atom. The summed E-state index contributed by atoms with van der Waals surface area (Å²) in [5.41, 5.74) is 0.0980. The molecule has 0 bridgehead atoms. The molecule has 1 aliphatic heterocycles. The van der Waals surface area contributed by atoms with Crippen LogP contribution in [0.1, 0.15) is 32.1 Å². The van der Waals surface area contributed by atoms with Gasteiger partial charge in [0, 0.05) is 12.0 Å². The van der Waals surface area contributed by atoms with Crippen LogP contribution in [0.2, 0.25) is 0 Å². The number of hydrogen-bond acceptors (Lipinski definition) is 3. The monoisotopic (exact) mass is 186 g/mol. The first-order valence-electron chi connectivity index (χ1n) is 5.19. The van der Waals surface area contributed by atoms with E-state index in [-0.39, 0.29) is 18.3 Å². The summed E-state index contributed by atoms with van der Waals surface area (Å²) in [5, 5.41) is 9.07. The summed E-state index contributed by atoms with van der Waals surface area (Å²) in [5.74, 6) is 0. The molecule has 13 heavy (non-hydrogen) atoms. The van der Waals surface area contributed by atoms with Gasteiger partial charge in [0.15, 0.2) is 6.29 Å². The number of aliphatic hydroxyl groups is 1. The van der Waals surface area contributed by atoms with E-state index < -0.39 is 0 Å². The van der Waals surface area contributed by atoms with Gasteiger partial charge in [-0.3, -0.25) is 0 Å². The second-order valence-corrected chi connectivity index (χ2v) is 4.27. The van der Waals surface area contributed by atoms with Crippen LogP contribution in [0.5, 0.6) is 0 Å². The smallest absolute Gasteiger partial charge is 0.157 e. The number of hydrogen-bond donors (Lipinski definition) is 1. The molecular weight excluding hydrogens is 168 g/mol. The van der Waals surface area contributed by atoms with Crippen LogP contribution in [-0.4, -0.2) is 31.2 Å². The number of rotatable bonds is 4. The Kier molecular flexibility index (Phi) is 2.86. The normalized spacial score (nSPS) is 31.6. The molecular formula is C10H18O3. The van der Waals surface area contributed by atoms with Crippen molar-refractivity contribution >= 4 is 0 Å². The third-order valence-corrected chi connectivity index (χ3v) is 3.01. The maximum Gasteiger partial charge on any atom is 0.157 e. The Morgan fingerprint density at radius 3 is 2.77 bits per heavy atom. The van der Waals surface area contributed by atoms with Crippen LogP contribution >= 0.6 is 0 Å². The molecule has 1 aliphatic carbocycles. The molecule has 0 aromatic carbocycles. The van der Waals surface area contributed by atoms with E-state index in [1.54, 1.807) is 0 Å². The fourth-order valence-corrected chi connectivity index (χ4v) is 1.64. The van der Waals surface area contributed by atoms with E-state index >= 15 is 0 Å². The van der Waals surface area contributed by atoms with E-state index in [1.807, 2.05) is 0 Å². The molecule has 0 aromatic heterocycles. The Bertz CT molecular complexity index is 160. The highest BCUT2D eigenvalue weighted by molar-refractivity contribution is 4.92. The summed E-state index contributed by atoms with van der Waals surface area (Å²) in [7, 11) is 0. The van der Waals surface area contributed by atoms with Crippen molar-refractivity contribution in [2.45, 2.75) is 38.4 Å². The highest BCUT2D eigenvalue weighted by Gasteiger charge is 2.42. The lowest BCUT2D eigenvalue weighted by Gasteiger charge is -2.24. The third kappa shape index (κ3) is 2.42. The van der Waals surface area contributed by atoms with Gasteiger partial charge in [-0.2, -0.15) is 0 Å². The van der Waals surface area contributed by atoms with Gasteiger partial charge in [0.1, 0.15) is 0 Å². The molecule has 2 fully saturated rings. The highest BCUT2D eigenvalue weighted by atomic mass is 16.7. The highest BCUT2D eigenvalue weighted by Crippen LogP contribution is 2.45. The van der Waals surface area contributed by atoms with Crippen molar-refractivity contribution in [3.8, 4) is 0 Å². The zero-order valence-electron chi connectivity index (χ0n) is 8.00. The molecule has 0 unspecified atom stereocenters. The van der Waals surface area contributed by atoms with Crippen molar-refractivity contribution < 1.29 is 14.6 Å². The molecule has 1 atom stereocenters. The van der Waals surface area contributed by atoms with Gasteiger partial charge >= 0.3 is 0 Å². The first kappa shape index (κ1) is 9.44. The van der Waals surface area contributed by atoms with Crippen LogP contribution in [0.3, 0.4) is 0 Å². The van der Waals surface area contributed by atoms with Crippen LogP contribution in [0.25, 0.3) is 0 Å². The summed E-state index contributed by atoms with van der Waals surface area (Å²) < 4.78 is 11.1. The van der Waals surface area contributed by atoms with Gasteiger partial charge in [-0.15, -0.1) is 0 Å². The molecule has 1 saturated heterocycles. The standard InChI is InChI=1S/C10H18O3/c11-7-10(4-5-10)8-13-9-3-1-2-6-12-9/h9,11H,1-8H2/t9-/m0/s1. The van der Waals surface area contributed by atoms with Crippen LogP contribution in [-0.2, 0) is 9.47 Å². The molecule has 2 rings (SSSR count). The largest absolute Gasteiger partial charge is 0.396 e. The van der Waals surface area contributed by atoms with Gasteiger partial charge in [0.25, 0.3) is 0 Å². The Morgan fingerprint density at radius 1 is 1.38 bits per heavy atom. The average Bonchev–Trinajstić information content (AvgIpc) is 2.97. The Hall–Kier alpha value is -0.120. The van der Waals surface area contributed by atoms with Crippen molar-refractivity contribution in [2.75, 3.05) is 19.8 Å². The molecule has 1 N–H and O–H groups in total. The first-order valence-corrected chi connectivity index (χ1v) is 5.19. The second-order valence-electron chi connectivity index (χ2n) is 4.27. The van der Waals surface area contributed by atoms with E-state index in [0.717, 1.165) is 32.3 Å². The van der Waals surface area contributed by atoms with Crippen LogP contribution < -0.4 is 0 Å². The SMILES string of the molecule is OCC1(CO[C@H]2CCCCO2)CC1. The molecule has 0 aromatic rings. The fourth-order valence-electron chi connectivity index (χ4n) is 1.64.